The molecule has 0 aromatic carbocycles. The van der Waals surface area contributed by atoms with Crippen LogP contribution in [0, 0.1) is 0 Å². The Morgan fingerprint density at radius 1 is 1.57 bits per heavy atom. The van der Waals surface area contributed by atoms with E-state index in [9.17, 15) is 0 Å². The van der Waals surface area contributed by atoms with Crippen molar-refractivity contribution < 1.29 is 4.74 Å². The van der Waals surface area contributed by atoms with Crippen molar-refractivity contribution in [2.45, 2.75) is 38.6 Å². The summed E-state index contributed by atoms with van der Waals surface area (Å²) in [6.45, 7) is 6.85. The van der Waals surface area contributed by atoms with E-state index < -0.39 is 0 Å². The highest BCUT2D eigenvalue weighted by Gasteiger charge is 2.27. The standard InChI is InChI=1S/C10H20N2OS/c1-3-6-11-9(14)12-10(2)5-4-7-13-8-10/h3-8H2,1-2H3,(H2,11,12,14). The molecule has 0 bridgehead atoms. The molecule has 1 fully saturated rings. The summed E-state index contributed by atoms with van der Waals surface area (Å²) in [6, 6.07) is 0. The Kier molecular flexibility index (Phi) is 4.62. The fourth-order valence-corrected chi connectivity index (χ4v) is 1.94. The van der Waals surface area contributed by atoms with E-state index in [1.54, 1.807) is 0 Å². The SMILES string of the molecule is CCCNC(=S)NC1(C)CCCOC1. The lowest BCUT2D eigenvalue weighted by molar-refractivity contribution is 0.0370. The van der Waals surface area contributed by atoms with E-state index in [1.807, 2.05) is 0 Å². The predicted molar refractivity (Wildman–Crippen MR) is 62.5 cm³/mol. The molecule has 0 spiro atoms. The van der Waals surface area contributed by atoms with Gasteiger partial charge in [0, 0.05) is 13.2 Å². The number of hydrogen-bond donors (Lipinski definition) is 2. The highest BCUT2D eigenvalue weighted by molar-refractivity contribution is 7.80. The summed E-state index contributed by atoms with van der Waals surface area (Å²) in [4.78, 5) is 0. The zero-order valence-corrected chi connectivity index (χ0v) is 9.88. The summed E-state index contributed by atoms with van der Waals surface area (Å²) in [6.07, 6.45) is 3.33. The van der Waals surface area contributed by atoms with Gasteiger partial charge in [0.15, 0.2) is 5.11 Å². The molecule has 1 aliphatic heterocycles. The van der Waals surface area contributed by atoms with E-state index >= 15 is 0 Å². The highest BCUT2D eigenvalue weighted by Crippen LogP contribution is 2.17. The Balaban J connectivity index is 2.29. The molecule has 4 heteroatoms. The molecule has 1 heterocycles. The predicted octanol–water partition coefficient (Wildman–Crippen LogP) is 1.43. The van der Waals surface area contributed by atoms with E-state index in [0.29, 0.717) is 0 Å². The third-order valence-electron chi connectivity index (χ3n) is 2.39. The van der Waals surface area contributed by atoms with E-state index in [1.165, 1.54) is 0 Å². The first-order valence-corrected chi connectivity index (χ1v) is 5.71. The quantitative estimate of drug-likeness (QED) is 0.699. The average Bonchev–Trinajstić information content (AvgIpc) is 2.15. The molecule has 0 radical (unpaired) electrons. The van der Waals surface area contributed by atoms with Crippen LogP contribution in [-0.4, -0.2) is 30.4 Å². The lowest BCUT2D eigenvalue weighted by atomic mass is 9.95. The molecule has 14 heavy (non-hydrogen) atoms. The smallest absolute Gasteiger partial charge is 0.166 e. The minimum absolute atomic E-state index is 0.0239. The van der Waals surface area contributed by atoms with Gasteiger partial charge < -0.3 is 15.4 Å². The van der Waals surface area contributed by atoms with Crippen molar-refractivity contribution in [2.75, 3.05) is 19.8 Å². The largest absolute Gasteiger partial charge is 0.379 e. The molecular formula is C10H20N2OS. The Morgan fingerprint density at radius 3 is 2.93 bits per heavy atom. The summed E-state index contributed by atoms with van der Waals surface area (Å²) in [5.74, 6) is 0. The maximum absolute atomic E-state index is 5.44. The second-order valence-corrected chi connectivity index (χ2v) is 4.51. The maximum Gasteiger partial charge on any atom is 0.166 e. The lowest BCUT2D eigenvalue weighted by Crippen LogP contribution is -2.54. The van der Waals surface area contributed by atoms with Crippen molar-refractivity contribution in [3.05, 3.63) is 0 Å². The first kappa shape index (κ1) is 11.7. The summed E-state index contributed by atoms with van der Waals surface area (Å²) >= 11 is 5.19. The second kappa shape index (κ2) is 5.51. The van der Waals surface area contributed by atoms with Gasteiger partial charge in [0.1, 0.15) is 0 Å². The average molecular weight is 216 g/mol. The lowest BCUT2D eigenvalue weighted by Gasteiger charge is -2.35. The molecule has 1 saturated heterocycles. The van der Waals surface area contributed by atoms with Crippen molar-refractivity contribution >= 4 is 17.3 Å². The fourth-order valence-electron chi connectivity index (χ4n) is 1.59. The van der Waals surface area contributed by atoms with Crippen LogP contribution in [0.3, 0.4) is 0 Å². The monoisotopic (exact) mass is 216 g/mol. The van der Waals surface area contributed by atoms with Gasteiger partial charge in [0.2, 0.25) is 0 Å². The van der Waals surface area contributed by atoms with Crippen molar-refractivity contribution in [1.29, 1.82) is 0 Å². The summed E-state index contributed by atoms with van der Waals surface area (Å²) in [5, 5.41) is 7.24. The molecule has 1 rings (SSSR count). The topological polar surface area (TPSA) is 33.3 Å². The summed E-state index contributed by atoms with van der Waals surface area (Å²) in [7, 11) is 0. The Morgan fingerprint density at radius 2 is 2.36 bits per heavy atom. The highest BCUT2D eigenvalue weighted by atomic mass is 32.1. The molecule has 1 atom stereocenters. The normalized spacial score (nSPS) is 27.0. The number of ether oxygens (including phenoxy) is 1. The van der Waals surface area contributed by atoms with Crippen LogP contribution in [0.5, 0.6) is 0 Å². The molecule has 3 nitrogen and oxygen atoms in total. The first-order chi connectivity index (χ1) is 6.66. The number of hydrogen-bond acceptors (Lipinski definition) is 2. The molecule has 0 saturated carbocycles. The Bertz CT molecular complexity index is 191. The van der Waals surface area contributed by atoms with Gasteiger partial charge in [-0.2, -0.15) is 0 Å². The van der Waals surface area contributed by atoms with E-state index in [4.69, 9.17) is 17.0 Å². The zero-order valence-electron chi connectivity index (χ0n) is 9.06. The van der Waals surface area contributed by atoms with E-state index in [-0.39, 0.29) is 5.54 Å². The fraction of sp³-hybridized carbons (Fsp3) is 0.900. The van der Waals surface area contributed by atoms with Crippen LogP contribution in [0.1, 0.15) is 33.1 Å². The minimum Gasteiger partial charge on any atom is -0.379 e. The van der Waals surface area contributed by atoms with Crippen LogP contribution in [0.25, 0.3) is 0 Å². The van der Waals surface area contributed by atoms with Crippen LogP contribution >= 0.6 is 12.2 Å². The second-order valence-electron chi connectivity index (χ2n) is 4.10. The van der Waals surface area contributed by atoms with Gasteiger partial charge in [0.05, 0.1) is 12.1 Å². The van der Waals surface area contributed by atoms with Crippen LogP contribution in [0.2, 0.25) is 0 Å². The van der Waals surface area contributed by atoms with Gasteiger partial charge in [-0.05, 0) is 38.4 Å². The molecule has 0 aromatic rings. The van der Waals surface area contributed by atoms with Crippen LogP contribution in [0.15, 0.2) is 0 Å². The molecule has 82 valence electrons. The van der Waals surface area contributed by atoms with Gasteiger partial charge in [-0.15, -0.1) is 0 Å². The molecule has 0 aliphatic carbocycles. The molecule has 0 aromatic heterocycles. The van der Waals surface area contributed by atoms with E-state index in [2.05, 4.69) is 24.5 Å². The molecule has 1 aliphatic rings. The number of nitrogens with one attached hydrogen (secondary N) is 2. The van der Waals surface area contributed by atoms with Gasteiger partial charge >= 0.3 is 0 Å². The van der Waals surface area contributed by atoms with Crippen LogP contribution < -0.4 is 10.6 Å². The minimum atomic E-state index is 0.0239. The van der Waals surface area contributed by atoms with Crippen molar-refractivity contribution in [2.24, 2.45) is 0 Å². The molecule has 0 amide bonds. The van der Waals surface area contributed by atoms with Crippen LogP contribution in [-0.2, 0) is 4.74 Å². The zero-order chi connectivity index (χ0) is 10.4. The van der Waals surface area contributed by atoms with Crippen molar-refractivity contribution in [1.82, 2.24) is 10.6 Å². The summed E-state index contributed by atoms with van der Waals surface area (Å²) < 4.78 is 5.44. The van der Waals surface area contributed by atoms with Gasteiger partial charge in [-0.3, -0.25) is 0 Å². The van der Waals surface area contributed by atoms with Gasteiger partial charge in [-0.25, -0.2) is 0 Å². The molecule has 2 N–H and O–H groups in total. The first-order valence-electron chi connectivity index (χ1n) is 5.30. The van der Waals surface area contributed by atoms with Crippen molar-refractivity contribution in [3.63, 3.8) is 0 Å². The van der Waals surface area contributed by atoms with E-state index in [0.717, 1.165) is 44.1 Å². The van der Waals surface area contributed by atoms with Gasteiger partial charge in [-0.1, -0.05) is 6.92 Å². The third kappa shape index (κ3) is 3.80. The van der Waals surface area contributed by atoms with Crippen molar-refractivity contribution in [3.8, 4) is 0 Å². The Hall–Kier alpha value is -0.350. The van der Waals surface area contributed by atoms with Gasteiger partial charge in [0.25, 0.3) is 0 Å². The number of thiocarbonyl (C=S) groups is 1. The molecule has 1 unspecified atom stereocenters. The van der Waals surface area contributed by atoms with Crippen LogP contribution in [0.4, 0.5) is 0 Å². The Labute approximate surface area is 91.6 Å². The third-order valence-corrected chi connectivity index (χ3v) is 2.64. The summed E-state index contributed by atoms with van der Waals surface area (Å²) in [5.41, 5.74) is 0.0239. The maximum atomic E-state index is 5.44. The molecular weight excluding hydrogens is 196 g/mol. The number of rotatable bonds is 3.